The molecule has 2 amide bonds. The second kappa shape index (κ2) is 13.8. The number of nitrogens with zero attached hydrogens (tertiary/aromatic N) is 7. The molecule has 3 aliphatic heterocycles. The zero-order chi connectivity index (χ0) is 41.5. The van der Waals surface area contributed by atoms with Gasteiger partial charge in [-0.25, -0.2) is 22.2 Å². The molecule has 58 heavy (non-hydrogen) atoms. The van der Waals surface area contributed by atoms with Crippen molar-refractivity contribution in [1.82, 2.24) is 33.4 Å². The summed E-state index contributed by atoms with van der Waals surface area (Å²) in [5.74, 6) is -4.94. The molecule has 304 valence electrons. The maximum absolute atomic E-state index is 14.5. The minimum absolute atomic E-state index is 0.0710. The molecule has 1 atom stereocenters. The van der Waals surface area contributed by atoms with E-state index in [4.69, 9.17) is 16.3 Å². The van der Waals surface area contributed by atoms with E-state index in [2.05, 4.69) is 20.4 Å². The SMILES string of the molecule is C[C@H]1OC2(CCN(C(=O)c3ncccc3O)CC2)c2c1n(CC(=O)Nc1ccc(C(F)(F)F)cc1Cl)c1nc(-c3ccc(S(=O)(=O)N4CC(F)(F)C4)cc3)nn1c2=O. The molecule has 1 spiro atoms. The number of anilines is 1. The Morgan fingerprint density at radius 2 is 1.76 bits per heavy atom. The zero-order valence-corrected chi connectivity index (χ0v) is 31.6. The van der Waals surface area contributed by atoms with E-state index >= 15 is 0 Å². The van der Waals surface area contributed by atoms with Gasteiger partial charge in [0.1, 0.15) is 17.9 Å². The molecule has 0 aliphatic carbocycles. The van der Waals surface area contributed by atoms with Crippen molar-refractivity contribution < 1.29 is 49.8 Å². The number of aromatic hydroxyl groups is 1. The molecule has 3 aromatic heterocycles. The zero-order valence-electron chi connectivity index (χ0n) is 30.0. The van der Waals surface area contributed by atoms with Crippen LogP contribution in [-0.2, 0) is 37.9 Å². The number of hydrogen-bond acceptors (Lipinski definition) is 10. The minimum atomic E-state index is -4.68. The predicted octanol–water partition coefficient (Wildman–Crippen LogP) is 4.83. The third kappa shape index (κ3) is 6.74. The van der Waals surface area contributed by atoms with Crippen molar-refractivity contribution in [3.05, 3.63) is 98.7 Å². The fourth-order valence-electron chi connectivity index (χ4n) is 7.50. The average molecular weight is 849 g/mol. The molecule has 15 nitrogen and oxygen atoms in total. The molecule has 5 aromatic rings. The van der Waals surface area contributed by atoms with E-state index in [0.717, 1.165) is 16.6 Å². The van der Waals surface area contributed by atoms with Gasteiger partial charge in [0, 0.05) is 24.8 Å². The Balaban J connectivity index is 1.17. The van der Waals surface area contributed by atoms with Crippen molar-refractivity contribution in [1.29, 1.82) is 0 Å². The van der Waals surface area contributed by atoms with E-state index in [-0.39, 0.29) is 81.4 Å². The number of sulfonamides is 1. The van der Waals surface area contributed by atoms with E-state index in [1.54, 1.807) is 6.92 Å². The van der Waals surface area contributed by atoms with Gasteiger partial charge in [-0.2, -0.15) is 27.0 Å². The van der Waals surface area contributed by atoms with Crippen LogP contribution in [0.15, 0.2) is 70.5 Å². The molecule has 6 heterocycles. The average Bonchev–Trinajstić information content (AvgIpc) is 3.73. The lowest BCUT2D eigenvalue weighted by atomic mass is 9.85. The Hall–Kier alpha value is -5.51. The Morgan fingerprint density at radius 3 is 2.38 bits per heavy atom. The molecular weight excluding hydrogens is 819 g/mol. The summed E-state index contributed by atoms with van der Waals surface area (Å²) in [5.41, 5.74) is -2.63. The van der Waals surface area contributed by atoms with Gasteiger partial charge in [-0.3, -0.25) is 14.4 Å². The second-order valence-electron chi connectivity index (χ2n) is 14.1. The molecular formula is C36H30ClF5N8O7S. The van der Waals surface area contributed by atoms with E-state index in [9.17, 15) is 49.9 Å². The Bertz CT molecular complexity index is 2680. The van der Waals surface area contributed by atoms with Crippen LogP contribution in [0.5, 0.6) is 5.75 Å². The van der Waals surface area contributed by atoms with Crippen LogP contribution in [0.1, 0.15) is 53.2 Å². The van der Waals surface area contributed by atoms with Gasteiger partial charge in [0.15, 0.2) is 11.5 Å². The van der Waals surface area contributed by atoms with E-state index in [0.29, 0.717) is 10.4 Å². The number of likely N-dealkylation sites (tertiary alicyclic amines) is 1. The molecule has 0 unspecified atom stereocenters. The number of ether oxygens (including phenoxy) is 1. The summed E-state index contributed by atoms with van der Waals surface area (Å²) in [6.07, 6.45) is -3.94. The summed E-state index contributed by atoms with van der Waals surface area (Å²) >= 11 is 6.12. The number of alkyl halides is 5. The van der Waals surface area contributed by atoms with E-state index in [1.807, 2.05) is 0 Å². The lowest BCUT2D eigenvalue weighted by Gasteiger charge is -2.39. The van der Waals surface area contributed by atoms with Crippen LogP contribution >= 0.6 is 11.6 Å². The molecule has 22 heteroatoms. The predicted molar refractivity (Wildman–Crippen MR) is 194 cm³/mol. The molecule has 0 bridgehead atoms. The van der Waals surface area contributed by atoms with Crippen molar-refractivity contribution in [2.45, 2.75) is 55.0 Å². The summed E-state index contributed by atoms with van der Waals surface area (Å²) in [7, 11) is -4.23. The van der Waals surface area contributed by atoms with Gasteiger partial charge in [-0.15, -0.1) is 5.10 Å². The first-order valence-electron chi connectivity index (χ1n) is 17.6. The largest absolute Gasteiger partial charge is 0.505 e. The molecule has 8 rings (SSSR count). The van der Waals surface area contributed by atoms with Crippen molar-refractivity contribution in [3.8, 4) is 17.1 Å². The molecule has 2 fully saturated rings. The highest BCUT2D eigenvalue weighted by Crippen LogP contribution is 2.48. The van der Waals surface area contributed by atoms with Gasteiger partial charge in [0.05, 0.1) is 51.6 Å². The highest BCUT2D eigenvalue weighted by molar-refractivity contribution is 7.89. The lowest BCUT2D eigenvalue weighted by Crippen LogP contribution is -2.58. The number of nitrogens with one attached hydrogen (secondary N) is 1. The summed E-state index contributed by atoms with van der Waals surface area (Å²) in [6.45, 7) is -0.652. The number of piperidine rings is 1. The first-order chi connectivity index (χ1) is 27.3. The van der Waals surface area contributed by atoms with E-state index < -0.39 is 76.4 Å². The maximum atomic E-state index is 14.5. The van der Waals surface area contributed by atoms with Crippen molar-refractivity contribution in [2.75, 3.05) is 31.5 Å². The van der Waals surface area contributed by atoms with Crippen molar-refractivity contribution in [3.63, 3.8) is 0 Å². The molecule has 0 radical (unpaired) electrons. The third-order valence-electron chi connectivity index (χ3n) is 10.3. The summed E-state index contributed by atoms with van der Waals surface area (Å²) in [4.78, 5) is 51.2. The Kier molecular flexibility index (Phi) is 9.36. The normalized spacial score (nSPS) is 18.9. The summed E-state index contributed by atoms with van der Waals surface area (Å²) in [5, 5.41) is 16.8. The van der Waals surface area contributed by atoms with Crippen LogP contribution in [0.2, 0.25) is 5.02 Å². The standard InChI is InChI=1S/C36H30ClF5N8O7S/c1-19-29-27(34(57-19)10-13-47(14-11-34)32(54)28-25(51)3-2-12-43-28)31(53)50-33(49(29)16-26(52)44-24-9-6-21(15-23(24)37)36(40,41)42)45-30(46-50)20-4-7-22(8-5-20)58(55,56)48-17-35(38,39)18-48/h2-9,12,15,19,51H,10-11,13-14,16-18H2,1H3,(H,44,52)/t19-/m1/s1. The Morgan fingerprint density at radius 1 is 1.07 bits per heavy atom. The third-order valence-corrected chi connectivity index (χ3v) is 12.4. The van der Waals surface area contributed by atoms with Crippen LogP contribution in [-0.4, -0.2) is 90.8 Å². The number of carbonyl (C=O) groups excluding carboxylic acids is 2. The Labute approximate surface area is 329 Å². The molecule has 0 saturated carbocycles. The number of benzene rings is 2. The fraction of sp³-hybridized carbons (Fsp3) is 0.333. The van der Waals surface area contributed by atoms with Crippen LogP contribution in [0.25, 0.3) is 17.2 Å². The smallest absolute Gasteiger partial charge is 0.416 e. The molecule has 3 aliphatic rings. The maximum Gasteiger partial charge on any atom is 0.416 e. The highest BCUT2D eigenvalue weighted by Gasteiger charge is 2.51. The number of pyridine rings is 1. The van der Waals surface area contributed by atoms with Gasteiger partial charge in [-0.05, 0) is 74.4 Å². The molecule has 2 N–H and O–H groups in total. The van der Waals surface area contributed by atoms with Gasteiger partial charge in [-0.1, -0.05) is 11.6 Å². The number of hydrogen-bond donors (Lipinski definition) is 2. The number of fused-ring (bicyclic) bond motifs is 3. The molecule has 2 aromatic carbocycles. The topological polar surface area (TPSA) is 181 Å². The lowest BCUT2D eigenvalue weighted by molar-refractivity contribution is -0.137. The van der Waals surface area contributed by atoms with Crippen LogP contribution < -0.4 is 10.9 Å². The number of halogens is 6. The quantitative estimate of drug-likeness (QED) is 0.216. The van der Waals surface area contributed by atoms with Gasteiger partial charge >= 0.3 is 6.18 Å². The fourth-order valence-corrected chi connectivity index (χ4v) is 9.22. The number of rotatable bonds is 7. The van der Waals surface area contributed by atoms with Crippen LogP contribution in [0.4, 0.5) is 27.6 Å². The van der Waals surface area contributed by atoms with Crippen molar-refractivity contribution in [2.24, 2.45) is 0 Å². The first-order valence-corrected chi connectivity index (χ1v) is 19.4. The number of carbonyl (C=O) groups is 2. The first kappa shape index (κ1) is 39.3. The van der Waals surface area contributed by atoms with Gasteiger partial charge in [0.2, 0.25) is 21.7 Å². The second-order valence-corrected chi connectivity index (χ2v) is 16.5. The summed E-state index contributed by atoms with van der Waals surface area (Å²) < 4.78 is 102. The minimum Gasteiger partial charge on any atom is -0.505 e. The monoisotopic (exact) mass is 848 g/mol. The van der Waals surface area contributed by atoms with E-state index in [1.165, 1.54) is 52.1 Å². The van der Waals surface area contributed by atoms with Gasteiger partial charge < -0.3 is 24.6 Å². The van der Waals surface area contributed by atoms with Crippen LogP contribution in [0, 0.1) is 0 Å². The number of aromatic nitrogens is 5. The molecule has 2 saturated heterocycles. The summed E-state index contributed by atoms with van der Waals surface area (Å²) in [6, 6.07) is 10.3. The number of amides is 2. The van der Waals surface area contributed by atoms with Crippen LogP contribution in [0.3, 0.4) is 0 Å². The van der Waals surface area contributed by atoms with Gasteiger partial charge in [0.25, 0.3) is 17.4 Å². The van der Waals surface area contributed by atoms with Crippen molar-refractivity contribution >= 4 is 44.9 Å². The highest BCUT2D eigenvalue weighted by atomic mass is 35.5.